The van der Waals surface area contributed by atoms with Gasteiger partial charge in [0.15, 0.2) is 4.77 Å². The van der Waals surface area contributed by atoms with Gasteiger partial charge in [0, 0.05) is 35.0 Å². The monoisotopic (exact) mass is 420 g/mol. The predicted molar refractivity (Wildman–Crippen MR) is 118 cm³/mol. The molecule has 0 aliphatic rings. The summed E-state index contributed by atoms with van der Waals surface area (Å²) < 4.78 is 2.38. The number of imidazole rings is 1. The van der Waals surface area contributed by atoms with E-state index in [1.807, 2.05) is 40.4 Å². The Hall–Kier alpha value is -3.49. The Balaban J connectivity index is 1.50. The summed E-state index contributed by atoms with van der Waals surface area (Å²) in [4.78, 5) is 28.5. The van der Waals surface area contributed by atoms with Gasteiger partial charge in [-0.15, -0.1) is 11.3 Å². The highest BCUT2D eigenvalue weighted by Crippen LogP contribution is 2.18. The van der Waals surface area contributed by atoms with Crippen LogP contribution in [0.2, 0.25) is 0 Å². The molecule has 0 atom stereocenters. The number of amides is 2. The van der Waals surface area contributed by atoms with Gasteiger partial charge in [0.05, 0.1) is 4.88 Å². The Labute approximate surface area is 175 Å². The van der Waals surface area contributed by atoms with E-state index >= 15 is 0 Å². The van der Waals surface area contributed by atoms with Crippen molar-refractivity contribution in [1.29, 1.82) is 0 Å². The number of carbonyl (C=O) groups is 2. The summed E-state index contributed by atoms with van der Waals surface area (Å²) in [5, 5.41) is 7.53. The molecular formula is C21H16N4O2S2. The van der Waals surface area contributed by atoms with E-state index in [9.17, 15) is 9.59 Å². The van der Waals surface area contributed by atoms with Gasteiger partial charge in [0.25, 0.3) is 11.8 Å². The average Bonchev–Trinajstić information content (AvgIpc) is 3.40. The first-order valence-corrected chi connectivity index (χ1v) is 10.0. The number of benzene rings is 2. The summed E-state index contributed by atoms with van der Waals surface area (Å²) >= 11 is 6.60. The molecule has 8 heteroatoms. The van der Waals surface area contributed by atoms with Crippen molar-refractivity contribution < 1.29 is 9.59 Å². The van der Waals surface area contributed by atoms with Crippen molar-refractivity contribution in [2.75, 3.05) is 10.6 Å². The van der Waals surface area contributed by atoms with Crippen LogP contribution in [0.5, 0.6) is 0 Å². The fourth-order valence-electron chi connectivity index (χ4n) is 2.80. The molecule has 2 heterocycles. The van der Waals surface area contributed by atoms with Gasteiger partial charge < -0.3 is 15.6 Å². The quantitative estimate of drug-likeness (QED) is 0.393. The van der Waals surface area contributed by atoms with Crippen LogP contribution < -0.4 is 10.6 Å². The van der Waals surface area contributed by atoms with E-state index in [2.05, 4.69) is 15.6 Å². The molecule has 2 aromatic heterocycles. The molecule has 2 amide bonds. The Morgan fingerprint density at radius 1 is 0.931 bits per heavy atom. The maximum absolute atomic E-state index is 12.7. The second kappa shape index (κ2) is 8.26. The fraction of sp³-hybridized carbons (Fsp3) is 0. The molecule has 0 aliphatic carbocycles. The summed E-state index contributed by atoms with van der Waals surface area (Å²) in [6.07, 6.45) is 3.58. The summed E-state index contributed by atoms with van der Waals surface area (Å²) in [7, 11) is 0. The van der Waals surface area contributed by atoms with E-state index in [0.29, 0.717) is 26.6 Å². The predicted octanol–water partition coefficient (Wildman–Crippen LogP) is 5.10. The molecule has 0 unspecified atom stereocenters. The number of thiophene rings is 1. The van der Waals surface area contributed by atoms with Gasteiger partial charge in [-0.3, -0.25) is 14.2 Å². The number of anilines is 2. The molecule has 4 rings (SSSR count). The third-order valence-corrected chi connectivity index (χ3v) is 5.34. The van der Waals surface area contributed by atoms with Crippen molar-refractivity contribution in [3.05, 3.63) is 93.6 Å². The zero-order valence-corrected chi connectivity index (χ0v) is 16.7. The molecule has 0 radical (unpaired) electrons. The van der Waals surface area contributed by atoms with Crippen LogP contribution in [0.1, 0.15) is 20.0 Å². The van der Waals surface area contributed by atoms with Crippen molar-refractivity contribution in [2.24, 2.45) is 0 Å². The lowest BCUT2D eigenvalue weighted by Gasteiger charge is -2.10. The molecule has 0 saturated carbocycles. The molecule has 0 saturated heterocycles. The molecule has 144 valence electrons. The van der Waals surface area contributed by atoms with Crippen molar-refractivity contribution in [3.8, 4) is 5.69 Å². The lowest BCUT2D eigenvalue weighted by atomic mass is 10.1. The van der Waals surface area contributed by atoms with Gasteiger partial charge in [-0.25, -0.2) is 0 Å². The van der Waals surface area contributed by atoms with Crippen LogP contribution in [-0.2, 0) is 0 Å². The molecule has 3 N–H and O–H groups in total. The topological polar surface area (TPSA) is 78.9 Å². The smallest absolute Gasteiger partial charge is 0.265 e. The molecule has 29 heavy (non-hydrogen) atoms. The van der Waals surface area contributed by atoms with Crippen LogP contribution in [0.3, 0.4) is 0 Å². The number of aromatic amines is 1. The second-order valence-corrected chi connectivity index (χ2v) is 7.49. The zero-order valence-electron chi connectivity index (χ0n) is 15.1. The Morgan fingerprint density at radius 2 is 1.69 bits per heavy atom. The summed E-state index contributed by atoms with van der Waals surface area (Å²) in [6.45, 7) is 0. The minimum atomic E-state index is -0.271. The van der Waals surface area contributed by atoms with Crippen molar-refractivity contribution in [3.63, 3.8) is 0 Å². The fourth-order valence-corrected chi connectivity index (χ4v) is 3.65. The summed E-state index contributed by atoms with van der Waals surface area (Å²) in [5.41, 5.74) is 2.48. The number of rotatable bonds is 5. The number of nitrogens with zero attached hydrogens (tertiary/aromatic N) is 1. The number of aromatic nitrogens is 2. The van der Waals surface area contributed by atoms with Gasteiger partial charge in [-0.05, 0) is 60.1 Å². The van der Waals surface area contributed by atoms with E-state index < -0.39 is 0 Å². The highest BCUT2D eigenvalue weighted by atomic mass is 32.1. The maximum atomic E-state index is 12.7. The lowest BCUT2D eigenvalue weighted by Crippen LogP contribution is -2.14. The van der Waals surface area contributed by atoms with Crippen LogP contribution in [0.15, 0.2) is 78.4 Å². The van der Waals surface area contributed by atoms with E-state index in [1.54, 1.807) is 42.6 Å². The van der Waals surface area contributed by atoms with E-state index in [0.717, 1.165) is 5.69 Å². The minimum Gasteiger partial charge on any atom is -0.337 e. The first-order chi connectivity index (χ1) is 14.1. The molecule has 0 spiro atoms. The van der Waals surface area contributed by atoms with E-state index in [1.165, 1.54) is 11.3 Å². The Kier molecular flexibility index (Phi) is 5.37. The van der Waals surface area contributed by atoms with Gasteiger partial charge in [-0.2, -0.15) is 0 Å². The third kappa shape index (κ3) is 4.34. The molecule has 6 nitrogen and oxygen atoms in total. The van der Waals surface area contributed by atoms with Crippen LogP contribution >= 0.6 is 23.6 Å². The van der Waals surface area contributed by atoms with Crippen molar-refractivity contribution in [1.82, 2.24) is 9.55 Å². The molecule has 0 fully saturated rings. The van der Waals surface area contributed by atoms with Crippen LogP contribution in [0.25, 0.3) is 5.69 Å². The molecule has 0 aliphatic heterocycles. The highest BCUT2D eigenvalue weighted by Gasteiger charge is 2.11. The Bertz CT molecular complexity index is 1230. The number of nitrogens with one attached hydrogen (secondary N) is 3. The Morgan fingerprint density at radius 3 is 2.41 bits per heavy atom. The van der Waals surface area contributed by atoms with Crippen LogP contribution in [0.4, 0.5) is 11.4 Å². The highest BCUT2D eigenvalue weighted by molar-refractivity contribution is 7.71. The number of hydrogen-bond acceptors (Lipinski definition) is 4. The van der Waals surface area contributed by atoms with Crippen LogP contribution in [-0.4, -0.2) is 21.4 Å². The van der Waals surface area contributed by atoms with Gasteiger partial charge in [0.1, 0.15) is 0 Å². The lowest BCUT2D eigenvalue weighted by molar-refractivity contribution is 0.101. The van der Waals surface area contributed by atoms with Crippen molar-refractivity contribution in [2.45, 2.75) is 0 Å². The zero-order chi connectivity index (χ0) is 20.2. The first-order valence-electron chi connectivity index (χ1n) is 8.73. The standard InChI is InChI=1S/C21H16N4O2S2/c26-19(23-16-6-2-7-17(13-16)25-10-9-22-21(25)28)14-4-1-5-15(12-14)24-20(27)18-8-3-11-29-18/h1-13H,(H,22,28)(H,23,26)(H,24,27). The number of hydrogen-bond donors (Lipinski definition) is 3. The normalized spacial score (nSPS) is 10.5. The first kappa shape index (κ1) is 18.9. The van der Waals surface area contributed by atoms with Gasteiger partial charge >= 0.3 is 0 Å². The molecule has 2 aromatic carbocycles. The van der Waals surface area contributed by atoms with E-state index in [4.69, 9.17) is 12.2 Å². The largest absolute Gasteiger partial charge is 0.337 e. The number of carbonyl (C=O) groups excluding carboxylic acids is 2. The molecular weight excluding hydrogens is 404 g/mol. The van der Waals surface area contributed by atoms with Gasteiger partial charge in [0.2, 0.25) is 0 Å². The van der Waals surface area contributed by atoms with Crippen LogP contribution in [0, 0.1) is 4.77 Å². The minimum absolute atomic E-state index is 0.200. The molecule has 4 aromatic rings. The molecule has 0 bridgehead atoms. The van der Waals surface area contributed by atoms with Gasteiger partial charge in [-0.1, -0.05) is 18.2 Å². The number of H-pyrrole nitrogens is 1. The second-order valence-electron chi connectivity index (χ2n) is 6.15. The summed E-state index contributed by atoms with van der Waals surface area (Å²) in [6, 6.07) is 17.8. The average molecular weight is 421 g/mol. The third-order valence-electron chi connectivity index (χ3n) is 4.16. The summed E-state index contributed by atoms with van der Waals surface area (Å²) in [5.74, 6) is -0.472. The van der Waals surface area contributed by atoms with E-state index in [-0.39, 0.29) is 11.8 Å². The maximum Gasteiger partial charge on any atom is 0.265 e. The SMILES string of the molecule is O=C(Nc1cccc(-n2cc[nH]c2=S)c1)c1cccc(NC(=O)c2cccs2)c1. The van der Waals surface area contributed by atoms with Crippen molar-refractivity contribution >= 4 is 46.7 Å².